The van der Waals surface area contributed by atoms with Crippen molar-refractivity contribution in [2.45, 2.75) is 6.04 Å². The molecule has 0 amide bonds. The Morgan fingerprint density at radius 3 is 3.18 bits per heavy atom. The molecule has 1 atom stereocenters. The maximum absolute atomic E-state index is 11.1. The second-order valence-electron chi connectivity index (χ2n) is 3.62. The van der Waals surface area contributed by atoms with Crippen LogP contribution in [0.5, 0.6) is 0 Å². The fourth-order valence-electron chi connectivity index (χ4n) is 1.73. The predicted molar refractivity (Wildman–Crippen MR) is 58.5 cm³/mol. The molecule has 1 aliphatic rings. The molecule has 1 aromatic rings. The topological polar surface area (TPSA) is 86.5 Å². The molecule has 0 spiro atoms. The number of carboxylic acid groups (broad SMARTS) is 1. The van der Waals surface area contributed by atoms with Crippen molar-refractivity contribution < 1.29 is 14.6 Å². The number of anilines is 1. The molecule has 0 radical (unpaired) electrons. The lowest BCUT2D eigenvalue weighted by Gasteiger charge is -2.33. The van der Waals surface area contributed by atoms with Gasteiger partial charge in [-0.3, -0.25) is 0 Å². The Bertz CT molecular complexity index is 469. The summed E-state index contributed by atoms with van der Waals surface area (Å²) in [6, 6.07) is 6.16. The summed E-state index contributed by atoms with van der Waals surface area (Å²) in [5.74, 6) is -0.450. The number of nitriles is 1. The van der Waals surface area contributed by atoms with Gasteiger partial charge >= 0.3 is 5.97 Å². The van der Waals surface area contributed by atoms with Gasteiger partial charge in [0.25, 0.3) is 0 Å². The van der Waals surface area contributed by atoms with Crippen molar-refractivity contribution in [3.63, 3.8) is 0 Å². The quantitative estimate of drug-likeness (QED) is 0.787. The molecular formula is C11H11N3O3. The van der Waals surface area contributed by atoms with Gasteiger partial charge in [-0.15, -0.1) is 0 Å². The van der Waals surface area contributed by atoms with Crippen LogP contribution in [-0.4, -0.2) is 41.9 Å². The molecule has 0 aromatic carbocycles. The summed E-state index contributed by atoms with van der Waals surface area (Å²) in [5, 5.41) is 17.8. The van der Waals surface area contributed by atoms with Gasteiger partial charge in [-0.25, -0.2) is 9.78 Å². The van der Waals surface area contributed by atoms with Gasteiger partial charge in [-0.2, -0.15) is 5.26 Å². The highest BCUT2D eigenvalue weighted by atomic mass is 16.5. The molecule has 1 aliphatic heterocycles. The number of pyridine rings is 1. The average molecular weight is 233 g/mol. The fraction of sp³-hybridized carbons (Fsp3) is 0.364. The first-order valence-electron chi connectivity index (χ1n) is 5.16. The van der Waals surface area contributed by atoms with Crippen LogP contribution in [0.4, 0.5) is 5.82 Å². The highest BCUT2D eigenvalue weighted by Crippen LogP contribution is 2.17. The van der Waals surface area contributed by atoms with E-state index >= 15 is 0 Å². The number of ether oxygens (including phenoxy) is 1. The zero-order valence-electron chi connectivity index (χ0n) is 9.04. The summed E-state index contributed by atoms with van der Waals surface area (Å²) < 4.78 is 5.14. The van der Waals surface area contributed by atoms with Crippen LogP contribution in [-0.2, 0) is 9.53 Å². The van der Waals surface area contributed by atoms with Crippen LogP contribution in [0.3, 0.4) is 0 Å². The first-order chi connectivity index (χ1) is 8.22. The summed E-state index contributed by atoms with van der Waals surface area (Å²) in [6.45, 7) is 1.05. The largest absolute Gasteiger partial charge is 0.480 e. The van der Waals surface area contributed by atoms with Crippen molar-refractivity contribution in [1.29, 1.82) is 5.26 Å². The Labute approximate surface area is 98.1 Å². The second kappa shape index (κ2) is 4.80. The normalized spacial score (nSPS) is 19.7. The molecular weight excluding hydrogens is 222 g/mol. The number of morpholine rings is 1. The standard InChI is InChI=1S/C11H11N3O3/c12-6-8-2-1-3-10(13-8)14-4-5-17-7-9(14)11(15)16/h1-3,9H,4-5,7H2,(H,15,16). The van der Waals surface area contributed by atoms with Crippen LogP contribution in [0.15, 0.2) is 18.2 Å². The lowest BCUT2D eigenvalue weighted by atomic mass is 10.2. The molecule has 1 aromatic heterocycles. The summed E-state index contributed by atoms with van der Waals surface area (Å²) >= 11 is 0. The number of rotatable bonds is 2. The van der Waals surface area contributed by atoms with Crippen molar-refractivity contribution in [1.82, 2.24) is 4.98 Å². The number of carbonyl (C=O) groups is 1. The van der Waals surface area contributed by atoms with Crippen molar-refractivity contribution in [2.75, 3.05) is 24.7 Å². The van der Waals surface area contributed by atoms with Crippen LogP contribution in [0.1, 0.15) is 5.69 Å². The van der Waals surface area contributed by atoms with Crippen molar-refractivity contribution in [3.05, 3.63) is 23.9 Å². The molecule has 1 N–H and O–H groups in total. The third-order valence-corrected chi connectivity index (χ3v) is 2.56. The maximum atomic E-state index is 11.1. The van der Waals surface area contributed by atoms with Crippen molar-refractivity contribution in [2.24, 2.45) is 0 Å². The Morgan fingerprint density at radius 1 is 1.65 bits per heavy atom. The first kappa shape index (κ1) is 11.4. The Morgan fingerprint density at radius 2 is 2.47 bits per heavy atom. The van der Waals surface area contributed by atoms with E-state index in [1.165, 1.54) is 0 Å². The van der Waals surface area contributed by atoms with Gasteiger partial charge in [0.1, 0.15) is 17.6 Å². The predicted octanol–water partition coefficient (Wildman–Crippen LogP) is 0.243. The third-order valence-electron chi connectivity index (χ3n) is 2.56. The van der Waals surface area contributed by atoms with Crippen LogP contribution in [0, 0.1) is 11.3 Å². The molecule has 6 nitrogen and oxygen atoms in total. The zero-order chi connectivity index (χ0) is 12.3. The molecule has 1 fully saturated rings. The van der Waals surface area contributed by atoms with Crippen molar-refractivity contribution in [3.8, 4) is 6.07 Å². The second-order valence-corrected chi connectivity index (χ2v) is 3.62. The summed E-state index contributed by atoms with van der Waals surface area (Å²) in [4.78, 5) is 16.8. The van der Waals surface area contributed by atoms with Crippen LogP contribution in [0.2, 0.25) is 0 Å². The minimum atomic E-state index is -0.950. The molecule has 6 heteroatoms. The Hall–Kier alpha value is -2.13. The van der Waals surface area contributed by atoms with E-state index in [2.05, 4.69) is 4.98 Å². The van der Waals surface area contributed by atoms with E-state index < -0.39 is 12.0 Å². The summed E-state index contributed by atoms with van der Waals surface area (Å²) in [6.07, 6.45) is 0. The van der Waals surface area contributed by atoms with Crippen LogP contribution < -0.4 is 4.90 Å². The van der Waals surface area contributed by atoms with E-state index in [1.807, 2.05) is 6.07 Å². The smallest absolute Gasteiger partial charge is 0.328 e. The molecule has 0 saturated carbocycles. The van der Waals surface area contributed by atoms with E-state index in [0.717, 1.165) is 0 Å². The zero-order valence-corrected chi connectivity index (χ0v) is 9.04. The van der Waals surface area contributed by atoms with Gasteiger partial charge < -0.3 is 14.7 Å². The number of aromatic nitrogens is 1. The van der Waals surface area contributed by atoms with Gasteiger partial charge in [0, 0.05) is 6.54 Å². The molecule has 1 unspecified atom stereocenters. The molecule has 2 heterocycles. The Kier molecular flexibility index (Phi) is 3.21. The average Bonchev–Trinajstić information content (AvgIpc) is 2.39. The SMILES string of the molecule is N#Cc1cccc(N2CCOCC2C(=O)O)n1. The van der Waals surface area contributed by atoms with Gasteiger partial charge in [-0.1, -0.05) is 6.07 Å². The molecule has 0 aliphatic carbocycles. The van der Waals surface area contributed by atoms with E-state index in [0.29, 0.717) is 19.0 Å². The van der Waals surface area contributed by atoms with Gasteiger partial charge in [-0.05, 0) is 12.1 Å². The van der Waals surface area contributed by atoms with E-state index in [1.54, 1.807) is 23.1 Å². The lowest BCUT2D eigenvalue weighted by Crippen LogP contribution is -2.50. The van der Waals surface area contributed by atoms with E-state index in [4.69, 9.17) is 15.1 Å². The van der Waals surface area contributed by atoms with Gasteiger partial charge in [0.05, 0.1) is 13.2 Å². The molecule has 2 rings (SSSR count). The minimum absolute atomic E-state index is 0.133. The highest BCUT2D eigenvalue weighted by Gasteiger charge is 2.30. The minimum Gasteiger partial charge on any atom is -0.480 e. The number of hydrogen-bond donors (Lipinski definition) is 1. The number of nitrogens with zero attached hydrogens (tertiary/aromatic N) is 3. The van der Waals surface area contributed by atoms with Gasteiger partial charge in [0.2, 0.25) is 0 Å². The Balaban J connectivity index is 2.29. The van der Waals surface area contributed by atoms with Gasteiger partial charge in [0.15, 0.2) is 6.04 Å². The molecule has 1 saturated heterocycles. The first-order valence-corrected chi connectivity index (χ1v) is 5.16. The lowest BCUT2D eigenvalue weighted by molar-refractivity contribution is -0.141. The summed E-state index contributed by atoms with van der Waals surface area (Å²) in [5.41, 5.74) is 0.276. The third kappa shape index (κ3) is 2.34. The number of aliphatic carboxylic acids is 1. The van der Waals surface area contributed by atoms with Crippen LogP contribution in [0.25, 0.3) is 0 Å². The monoisotopic (exact) mass is 233 g/mol. The summed E-state index contributed by atoms with van der Waals surface area (Å²) in [7, 11) is 0. The molecule has 17 heavy (non-hydrogen) atoms. The number of hydrogen-bond acceptors (Lipinski definition) is 5. The fourth-order valence-corrected chi connectivity index (χ4v) is 1.73. The maximum Gasteiger partial charge on any atom is 0.328 e. The van der Waals surface area contributed by atoms with Crippen molar-refractivity contribution >= 4 is 11.8 Å². The molecule has 0 bridgehead atoms. The molecule has 88 valence electrons. The number of carboxylic acids is 1. The van der Waals surface area contributed by atoms with E-state index in [9.17, 15) is 4.79 Å². The van der Waals surface area contributed by atoms with Crippen LogP contribution >= 0.6 is 0 Å². The van der Waals surface area contributed by atoms with E-state index in [-0.39, 0.29) is 12.3 Å². The highest BCUT2D eigenvalue weighted by molar-refractivity contribution is 5.78.